The van der Waals surface area contributed by atoms with Crippen LogP contribution in [-0.2, 0) is 4.74 Å². The lowest BCUT2D eigenvalue weighted by Gasteiger charge is -2.16. The second kappa shape index (κ2) is 8.52. The molecule has 0 bridgehead atoms. The van der Waals surface area contributed by atoms with Crippen LogP contribution in [0.1, 0.15) is 17.5 Å². The van der Waals surface area contributed by atoms with E-state index in [1.165, 1.54) is 0 Å². The third-order valence-corrected chi connectivity index (χ3v) is 4.49. The number of nitrogens with zero attached hydrogens (tertiary/aromatic N) is 1. The van der Waals surface area contributed by atoms with E-state index in [4.69, 9.17) is 16.3 Å². The Bertz CT molecular complexity index is 528. The molecule has 1 aliphatic rings. The Morgan fingerprint density at radius 2 is 2.09 bits per heavy atom. The van der Waals surface area contributed by atoms with Crippen molar-refractivity contribution in [3.05, 3.63) is 28.3 Å². The molecule has 1 heterocycles. The van der Waals surface area contributed by atoms with Gasteiger partial charge in [-0.05, 0) is 56.0 Å². The van der Waals surface area contributed by atoms with E-state index < -0.39 is 0 Å². The van der Waals surface area contributed by atoms with E-state index in [1.54, 1.807) is 7.11 Å². The summed E-state index contributed by atoms with van der Waals surface area (Å²) in [5.41, 5.74) is 2.77. The second-order valence-corrected chi connectivity index (χ2v) is 6.63. The van der Waals surface area contributed by atoms with Crippen molar-refractivity contribution in [3.8, 4) is 0 Å². The summed E-state index contributed by atoms with van der Waals surface area (Å²) in [6.07, 6.45) is 1.11. The van der Waals surface area contributed by atoms with Gasteiger partial charge in [0.25, 0.3) is 0 Å². The third kappa shape index (κ3) is 5.37. The highest BCUT2D eigenvalue weighted by Gasteiger charge is 2.22. The van der Waals surface area contributed by atoms with E-state index in [0.717, 1.165) is 49.5 Å². The molecule has 1 fully saturated rings. The number of aryl methyl sites for hydroxylation is 2. The average Bonchev–Trinajstić information content (AvgIpc) is 2.94. The quantitative estimate of drug-likeness (QED) is 0.837. The van der Waals surface area contributed by atoms with Gasteiger partial charge in [-0.1, -0.05) is 11.6 Å². The number of methoxy groups -OCH3 is 1. The highest BCUT2D eigenvalue weighted by atomic mass is 35.5. The predicted molar refractivity (Wildman–Crippen MR) is 94.4 cm³/mol. The molecule has 0 unspecified atom stereocenters. The zero-order chi connectivity index (χ0) is 16.8. The minimum Gasteiger partial charge on any atom is -0.383 e. The lowest BCUT2D eigenvalue weighted by Crippen LogP contribution is -2.34. The molecule has 1 aromatic carbocycles. The van der Waals surface area contributed by atoms with E-state index in [-0.39, 0.29) is 6.03 Å². The Morgan fingerprint density at radius 1 is 1.39 bits per heavy atom. The lowest BCUT2D eigenvalue weighted by atomic mass is 10.1. The molecular weight excluding hydrogens is 314 g/mol. The van der Waals surface area contributed by atoms with Crippen molar-refractivity contribution in [2.75, 3.05) is 45.2 Å². The molecule has 0 aliphatic carbocycles. The molecule has 0 radical (unpaired) electrons. The first-order valence-corrected chi connectivity index (χ1v) is 8.40. The van der Waals surface area contributed by atoms with Gasteiger partial charge >= 0.3 is 6.03 Å². The summed E-state index contributed by atoms with van der Waals surface area (Å²) in [5, 5.41) is 6.60. The van der Waals surface area contributed by atoms with Crippen molar-refractivity contribution in [1.29, 1.82) is 0 Å². The number of nitrogens with one attached hydrogen (secondary N) is 2. The van der Waals surface area contributed by atoms with Gasteiger partial charge in [0.15, 0.2) is 0 Å². The zero-order valence-electron chi connectivity index (χ0n) is 14.1. The monoisotopic (exact) mass is 339 g/mol. The summed E-state index contributed by atoms with van der Waals surface area (Å²) < 4.78 is 5.10. The Kier molecular flexibility index (Phi) is 6.69. The number of ether oxygens (including phenoxy) is 1. The van der Waals surface area contributed by atoms with Gasteiger partial charge in [0.05, 0.1) is 6.61 Å². The molecular formula is C17H26ClN3O2. The van der Waals surface area contributed by atoms with Crippen molar-refractivity contribution in [1.82, 2.24) is 10.2 Å². The number of carbonyl (C=O) groups is 1. The van der Waals surface area contributed by atoms with Crippen molar-refractivity contribution in [3.63, 3.8) is 0 Å². The number of urea groups is 1. The minimum atomic E-state index is -0.158. The molecule has 2 rings (SSSR count). The van der Waals surface area contributed by atoms with Crippen molar-refractivity contribution >= 4 is 23.3 Å². The van der Waals surface area contributed by atoms with Crippen LogP contribution in [0.2, 0.25) is 5.02 Å². The van der Waals surface area contributed by atoms with Crippen LogP contribution in [0.5, 0.6) is 0 Å². The second-order valence-electron chi connectivity index (χ2n) is 6.20. The minimum absolute atomic E-state index is 0.158. The molecule has 6 heteroatoms. The first-order chi connectivity index (χ1) is 11.0. The smallest absolute Gasteiger partial charge is 0.319 e. The highest BCUT2D eigenvalue weighted by molar-refractivity contribution is 6.30. The fourth-order valence-corrected chi connectivity index (χ4v) is 3.33. The van der Waals surface area contributed by atoms with E-state index in [2.05, 4.69) is 15.5 Å². The Morgan fingerprint density at radius 3 is 2.74 bits per heavy atom. The van der Waals surface area contributed by atoms with Gasteiger partial charge in [-0.25, -0.2) is 4.79 Å². The first-order valence-electron chi connectivity index (χ1n) is 8.02. The van der Waals surface area contributed by atoms with Crippen molar-refractivity contribution < 1.29 is 9.53 Å². The fourth-order valence-electron chi connectivity index (χ4n) is 3.01. The fraction of sp³-hybridized carbons (Fsp3) is 0.588. The number of likely N-dealkylation sites (tertiary alicyclic amines) is 1. The third-order valence-electron chi connectivity index (χ3n) is 4.27. The standard InChI is InChI=1S/C17H26ClN3O2/c1-12-8-15(18)9-13(2)16(12)20-17(22)19-10-14-4-5-21(11-14)6-7-23-3/h8-9,14H,4-7,10-11H2,1-3H3,(H2,19,20,22)/t14-/m0/s1. The average molecular weight is 340 g/mol. The maximum atomic E-state index is 12.1. The summed E-state index contributed by atoms with van der Waals surface area (Å²) in [4.78, 5) is 14.5. The summed E-state index contributed by atoms with van der Waals surface area (Å²) in [7, 11) is 1.72. The van der Waals surface area contributed by atoms with Gasteiger partial charge in [0, 0.05) is 37.5 Å². The number of amides is 2. The predicted octanol–water partition coefficient (Wildman–Crippen LogP) is 3.05. The molecule has 1 saturated heterocycles. The summed E-state index contributed by atoms with van der Waals surface area (Å²) >= 11 is 6.01. The molecule has 1 aliphatic heterocycles. The Hall–Kier alpha value is -1.30. The normalized spacial score (nSPS) is 18.2. The maximum Gasteiger partial charge on any atom is 0.319 e. The molecule has 0 aromatic heterocycles. The van der Waals surface area contributed by atoms with Gasteiger partial charge in [0.2, 0.25) is 0 Å². The van der Waals surface area contributed by atoms with E-state index in [9.17, 15) is 4.79 Å². The first kappa shape index (κ1) is 18.0. The lowest BCUT2D eigenvalue weighted by molar-refractivity contribution is 0.159. The number of hydrogen-bond acceptors (Lipinski definition) is 3. The van der Waals surface area contributed by atoms with Crippen LogP contribution in [0.15, 0.2) is 12.1 Å². The van der Waals surface area contributed by atoms with Gasteiger partial charge in [-0.15, -0.1) is 0 Å². The molecule has 128 valence electrons. The molecule has 5 nitrogen and oxygen atoms in total. The number of benzene rings is 1. The largest absolute Gasteiger partial charge is 0.383 e. The number of rotatable bonds is 6. The topological polar surface area (TPSA) is 53.6 Å². The number of carbonyl (C=O) groups excluding carboxylic acids is 1. The van der Waals surface area contributed by atoms with Crippen LogP contribution in [0.4, 0.5) is 10.5 Å². The van der Waals surface area contributed by atoms with Gasteiger partial charge in [-0.3, -0.25) is 0 Å². The van der Waals surface area contributed by atoms with Crippen LogP contribution in [0.25, 0.3) is 0 Å². The molecule has 1 atom stereocenters. The maximum absolute atomic E-state index is 12.1. The molecule has 0 saturated carbocycles. The van der Waals surface area contributed by atoms with Crippen molar-refractivity contribution in [2.45, 2.75) is 20.3 Å². The van der Waals surface area contributed by atoms with Crippen molar-refractivity contribution in [2.24, 2.45) is 5.92 Å². The summed E-state index contributed by atoms with van der Waals surface area (Å²) in [6.45, 7) is 8.40. The van der Waals surface area contributed by atoms with Gasteiger partial charge in [0.1, 0.15) is 0 Å². The van der Waals surface area contributed by atoms with E-state index >= 15 is 0 Å². The van der Waals surface area contributed by atoms with Crippen LogP contribution in [-0.4, -0.2) is 50.8 Å². The van der Waals surface area contributed by atoms with E-state index in [0.29, 0.717) is 17.5 Å². The molecule has 23 heavy (non-hydrogen) atoms. The van der Waals surface area contributed by atoms with Crippen LogP contribution in [0, 0.1) is 19.8 Å². The van der Waals surface area contributed by atoms with Gasteiger partial charge in [-0.2, -0.15) is 0 Å². The molecule has 0 spiro atoms. The molecule has 2 amide bonds. The zero-order valence-corrected chi connectivity index (χ0v) is 14.9. The van der Waals surface area contributed by atoms with Crippen LogP contribution < -0.4 is 10.6 Å². The Balaban J connectivity index is 1.78. The Labute approximate surface area is 143 Å². The number of anilines is 1. The number of halogens is 1. The van der Waals surface area contributed by atoms with Gasteiger partial charge < -0.3 is 20.3 Å². The summed E-state index contributed by atoms with van der Waals surface area (Å²) in [6, 6.07) is 3.55. The van der Waals surface area contributed by atoms with Crippen LogP contribution in [0.3, 0.4) is 0 Å². The highest BCUT2D eigenvalue weighted by Crippen LogP contribution is 2.24. The molecule has 2 N–H and O–H groups in total. The summed E-state index contributed by atoms with van der Waals surface area (Å²) in [5.74, 6) is 0.505. The number of hydrogen-bond donors (Lipinski definition) is 2. The van der Waals surface area contributed by atoms with Crippen LogP contribution >= 0.6 is 11.6 Å². The molecule has 1 aromatic rings. The van der Waals surface area contributed by atoms with E-state index in [1.807, 2.05) is 26.0 Å². The SMILES string of the molecule is COCCN1CC[C@@H](CNC(=O)Nc2c(C)cc(Cl)cc2C)C1.